The number of ether oxygens (including phenoxy) is 1. The lowest BCUT2D eigenvalue weighted by Gasteiger charge is -2.26. The van der Waals surface area contributed by atoms with Crippen molar-refractivity contribution in [3.05, 3.63) is 95.1 Å². The maximum Gasteiger partial charge on any atom is 0.256 e. The van der Waals surface area contributed by atoms with Crippen molar-refractivity contribution < 1.29 is 19.1 Å². The Bertz CT molecular complexity index is 1300. The number of amides is 3. The molecule has 2 aliphatic heterocycles. The van der Waals surface area contributed by atoms with Crippen molar-refractivity contribution in [2.45, 2.75) is 51.9 Å². The molecular formula is C30H31N3O4. The maximum atomic E-state index is 13.5. The van der Waals surface area contributed by atoms with Crippen molar-refractivity contribution in [2.24, 2.45) is 0 Å². The lowest BCUT2D eigenvalue weighted by molar-refractivity contribution is -0.122. The molecule has 0 saturated carbocycles. The van der Waals surface area contributed by atoms with Crippen LogP contribution in [-0.4, -0.2) is 41.3 Å². The van der Waals surface area contributed by atoms with Crippen molar-refractivity contribution in [3.8, 4) is 5.75 Å². The van der Waals surface area contributed by atoms with E-state index in [4.69, 9.17) is 4.74 Å². The average molecular weight is 498 g/mol. The molecule has 0 spiro atoms. The highest BCUT2D eigenvalue weighted by Gasteiger charge is 2.41. The first-order chi connectivity index (χ1) is 17.9. The predicted molar refractivity (Wildman–Crippen MR) is 142 cm³/mol. The molecule has 1 saturated heterocycles. The summed E-state index contributed by atoms with van der Waals surface area (Å²) < 4.78 is 5.66. The van der Waals surface area contributed by atoms with Gasteiger partial charge in [0.05, 0.1) is 23.9 Å². The van der Waals surface area contributed by atoms with Crippen LogP contribution in [0.25, 0.3) is 0 Å². The van der Waals surface area contributed by atoms with Gasteiger partial charge in [0.1, 0.15) is 11.8 Å². The number of anilines is 1. The van der Waals surface area contributed by atoms with Gasteiger partial charge in [0.2, 0.25) is 5.91 Å². The number of hydrogen-bond donors (Lipinski definition) is 1. The van der Waals surface area contributed by atoms with Crippen LogP contribution in [0.5, 0.6) is 5.75 Å². The van der Waals surface area contributed by atoms with Gasteiger partial charge < -0.3 is 19.9 Å². The summed E-state index contributed by atoms with van der Waals surface area (Å²) in [5, 5.41) is 2.95. The van der Waals surface area contributed by atoms with Crippen LogP contribution < -0.4 is 15.0 Å². The van der Waals surface area contributed by atoms with Gasteiger partial charge in [-0.3, -0.25) is 14.4 Å². The highest BCUT2D eigenvalue weighted by Crippen LogP contribution is 2.33. The van der Waals surface area contributed by atoms with Gasteiger partial charge >= 0.3 is 0 Å². The number of nitrogens with zero attached hydrogens (tertiary/aromatic N) is 2. The zero-order valence-corrected chi connectivity index (χ0v) is 21.1. The first kappa shape index (κ1) is 24.6. The molecule has 0 bridgehead atoms. The van der Waals surface area contributed by atoms with E-state index in [0.717, 1.165) is 23.3 Å². The first-order valence-corrected chi connectivity index (χ1v) is 12.7. The molecule has 37 heavy (non-hydrogen) atoms. The third-order valence-corrected chi connectivity index (χ3v) is 6.80. The SMILES string of the molecule is CC(C)Oc1ccc(CNC(=O)c2ccc(CN3C(=O)C4CCCN4C(=O)c4ccccc43)cc2)cc1. The zero-order chi connectivity index (χ0) is 25.9. The van der Waals surface area contributed by atoms with Crippen LogP contribution in [0.1, 0.15) is 58.5 Å². The second-order valence-electron chi connectivity index (χ2n) is 9.79. The summed E-state index contributed by atoms with van der Waals surface area (Å²) in [4.78, 5) is 42.7. The molecule has 190 valence electrons. The van der Waals surface area contributed by atoms with E-state index in [9.17, 15) is 14.4 Å². The molecule has 1 unspecified atom stereocenters. The standard InChI is InChI=1S/C30H31N3O4/c1-20(2)37-24-15-11-21(12-16-24)18-31-28(34)23-13-9-22(10-14-23)19-33-26-7-4-3-6-25(26)29(35)32-17-5-8-27(32)30(33)36/h3-4,6-7,9-16,20,27H,5,8,17-19H2,1-2H3,(H,31,34). The molecule has 7 nitrogen and oxygen atoms in total. The van der Waals surface area contributed by atoms with Crippen LogP contribution in [0.15, 0.2) is 72.8 Å². The molecule has 0 aromatic heterocycles. The van der Waals surface area contributed by atoms with Crippen LogP contribution in [0, 0.1) is 0 Å². The normalized spacial score (nSPS) is 16.9. The van der Waals surface area contributed by atoms with Gasteiger partial charge in [-0.1, -0.05) is 36.4 Å². The second-order valence-corrected chi connectivity index (χ2v) is 9.79. The van der Waals surface area contributed by atoms with Gasteiger partial charge in [-0.25, -0.2) is 0 Å². The summed E-state index contributed by atoms with van der Waals surface area (Å²) >= 11 is 0. The first-order valence-electron chi connectivity index (χ1n) is 12.7. The summed E-state index contributed by atoms with van der Waals surface area (Å²) in [5.41, 5.74) is 3.61. The highest BCUT2D eigenvalue weighted by atomic mass is 16.5. The van der Waals surface area contributed by atoms with Crippen molar-refractivity contribution in [1.29, 1.82) is 0 Å². The third-order valence-electron chi connectivity index (χ3n) is 6.80. The number of carbonyl (C=O) groups excluding carboxylic acids is 3. The molecule has 5 rings (SSSR count). The summed E-state index contributed by atoms with van der Waals surface area (Å²) in [6, 6.07) is 21.8. The van der Waals surface area contributed by atoms with Gasteiger partial charge in [0.15, 0.2) is 0 Å². The molecule has 0 aliphatic carbocycles. The van der Waals surface area contributed by atoms with Crippen molar-refractivity contribution >= 4 is 23.4 Å². The minimum Gasteiger partial charge on any atom is -0.491 e. The van der Waals surface area contributed by atoms with E-state index in [1.54, 1.807) is 28.0 Å². The number of para-hydroxylation sites is 1. The molecule has 7 heteroatoms. The van der Waals surface area contributed by atoms with Gasteiger partial charge in [0.25, 0.3) is 11.8 Å². The minimum atomic E-state index is -0.420. The Labute approximate surface area is 217 Å². The number of benzene rings is 3. The lowest BCUT2D eigenvalue weighted by Crippen LogP contribution is -2.44. The molecule has 3 aromatic rings. The summed E-state index contributed by atoms with van der Waals surface area (Å²) in [6.45, 7) is 5.31. The fraction of sp³-hybridized carbons (Fsp3) is 0.300. The Hall–Kier alpha value is -4.13. The number of nitrogens with one attached hydrogen (secondary N) is 1. The van der Waals surface area contributed by atoms with E-state index in [-0.39, 0.29) is 23.8 Å². The molecule has 3 aromatic carbocycles. The van der Waals surface area contributed by atoms with Crippen molar-refractivity contribution in [1.82, 2.24) is 10.2 Å². The smallest absolute Gasteiger partial charge is 0.256 e. The third kappa shape index (κ3) is 5.21. The number of hydrogen-bond acceptors (Lipinski definition) is 4. The van der Waals surface area contributed by atoms with Crippen LogP contribution in [-0.2, 0) is 17.9 Å². The van der Waals surface area contributed by atoms with E-state index in [0.29, 0.717) is 42.9 Å². The van der Waals surface area contributed by atoms with Crippen LogP contribution in [0.2, 0.25) is 0 Å². The van der Waals surface area contributed by atoms with Crippen molar-refractivity contribution in [2.75, 3.05) is 11.4 Å². The fourth-order valence-electron chi connectivity index (χ4n) is 4.96. The second kappa shape index (κ2) is 10.5. The molecule has 0 radical (unpaired) electrons. The number of rotatable bonds is 7. The van der Waals surface area contributed by atoms with Crippen molar-refractivity contribution in [3.63, 3.8) is 0 Å². The van der Waals surface area contributed by atoms with E-state index in [1.165, 1.54) is 0 Å². The van der Waals surface area contributed by atoms with Crippen LogP contribution in [0.3, 0.4) is 0 Å². The summed E-state index contributed by atoms with van der Waals surface area (Å²) in [5.74, 6) is 0.499. The topological polar surface area (TPSA) is 79.0 Å². The Morgan fingerprint density at radius 1 is 0.973 bits per heavy atom. The molecular weight excluding hydrogens is 466 g/mol. The Kier molecular flexibility index (Phi) is 6.95. The van der Waals surface area contributed by atoms with E-state index in [2.05, 4.69) is 5.32 Å². The fourth-order valence-corrected chi connectivity index (χ4v) is 4.96. The lowest BCUT2D eigenvalue weighted by atomic mass is 10.1. The highest BCUT2D eigenvalue weighted by molar-refractivity contribution is 6.11. The van der Waals surface area contributed by atoms with Gasteiger partial charge in [-0.2, -0.15) is 0 Å². The Morgan fingerprint density at radius 3 is 2.41 bits per heavy atom. The van der Waals surface area contributed by atoms with Crippen LogP contribution in [0.4, 0.5) is 5.69 Å². The van der Waals surface area contributed by atoms with Gasteiger partial charge in [0, 0.05) is 18.7 Å². The molecule has 1 N–H and O–H groups in total. The molecule has 1 atom stereocenters. The molecule has 2 heterocycles. The quantitative estimate of drug-likeness (QED) is 0.519. The molecule has 2 aliphatic rings. The number of carbonyl (C=O) groups is 3. The van der Waals surface area contributed by atoms with E-state index in [1.807, 2.05) is 68.4 Å². The minimum absolute atomic E-state index is 0.0533. The zero-order valence-electron chi connectivity index (χ0n) is 21.1. The predicted octanol–water partition coefficient (Wildman–Crippen LogP) is 4.56. The van der Waals surface area contributed by atoms with Gasteiger partial charge in [-0.05, 0) is 74.2 Å². The van der Waals surface area contributed by atoms with E-state index < -0.39 is 6.04 Å². The van der Waals surface area contributed by atoms with Crippen LogP contribution >= 0.6 is 0 Å². The summed E-state index contributed by atoms with van der Waals surface area (Å²) in [6.07, 6.45) is 1.63. The van der Waals surface area contributed by atoms with Gasteiger partial charge in [-0.15, -0.1) is 0 Å². The summed E-state index contributed by atoms with van der Waals surface area (Å²) in [7, 11) is 0. The number of fused-ring (bicyclic) bond motifs is 2. The van der Waals surface area contributed by atoms with E-state index >= 15 is 0 Å². The Morgan fingerprint density at radius 2 is 1.68 bits per heavy atom. The monoisotopic (exact) mass is 497 g/mol. The maximum absolute atomic E-state index is 13.5. The molecule has 3 amide bonds. The Balaban J connectivity index is 1.26. The largest absolute Gasteiger partial charge is 0.491 e. The molecule has 1 fully saturated rings. The average Bonchev–Trinajstić information content (AvgIpc) is 3.38.